The van der Waals surface area contributed by atoms with Crippen molar-refractivity contribution in [2.45, 2.75) is 58.3 Å². The molecule has 0 amide bonds. The normalized spacial score (nSPS) is 16.5. The number of carboxylic acid groups (broad SMARTS) is 1. The summed E-state index contributed by atoms with van der Waals surface area (Å²) in [6.45, 7) is 11.3. The summed E-state index contributed by atoms with van der Waals surface area (Å²) >= 11 is 0. The first-order valence-corrected chi connectivity index (χ1v) is 9.65. The van der Waals surface area contributed by atoms with Crippen LogP contribution in [0.1, 0.15) is 78.7 Å². The number of rotatable bonds is 2. The maximum atomic E-state index is 11.0. The van der Waals surface area contributed by atoms with Gasteiger partial charge in [0.25, 0.3) is 0 Å². The summed E-state index contributed by atoms with van der Waals surface area (Å²) in [7, 11) is 1.72. The van der Waals surface area contributed by atoms with Crippen LogP contribution in [0.25, 0.3) is 0 Å². The molecular formula is C25H28O3. The molecule has 0 radical (unpaired) electrons. The third kappa shape index (κ3) is 3.52. The molecule has 0 atom stereocenters. The molecule has 0 saturated carbocycles. The molecule has 1 N–H and O–H groups in total. The van der Waals surface area contributed by atoms with Crippen LogP contribution >= 0.6 is 0 Å². The van der Waals surface area contributed by atoms with Gasteiger partial charge in [0.05, 0.1) is 18.2 Å². The van der Waals surface area contributed by atoms with Gasteiger partial charge in [-0.25, -0.2) is 4.79 Å². The highest BCUT2D eigenvalue weighted by atomic mass is 16.5. The summed E-state index contributed by atoms with van der Waals surface area (Å²) in [5, 5.41) is 9.03. The fraction of sp³-hybridized carbons (Fsp3) is 0.400. The number of fused-ring (bicyclic) bond motifs is 1. The first-order chi connectivity index (χ1) is 13.1. The van der Waals surface area contributed by atoms with Crippen molar-refractivity contribution < 1.29 is 14.6 Å². The fourth-order valence-electron chi connectivity index (χ4n) is 4.33. The van der Waals surface area contributed by atoms with Crippen molar-refractivity contribution in [3.05, 3.63) is 63.7 Å². The summed E-state index contributed by atoms with van der Waals surface area (Å²) in [4.78, 5) is 11.0. The molecule has 0 bridgehead atoms. The van der Waals surface area contributed by atoms with Crippen molar-refractivity contribution in [3.8, 4) is 17.6 Å². The van der Waals surface area contributed by atoms with Gasteiger partial charge in [0.1, 0.15) is 5.75 Å². The maximum absolute atomic E-state index is 11.0. The average Bonchev–Trinajstić information content (AvgIpc) is 2.63. The zero-order chi connectivity index (χ0) is 20.7. The number of carboxylic acids is 1. The lowest BCUT2D eigenvalue weighted by atomic mass is 9.61. The molecule has 3 heteroatoms. The van der Waals surface area contributed by atoms with Gasteiger partial charge in [-0.15, -0.1) is 0 Å². The Labute approximate surface area is 167 Å². The number of ether oxygens (including phenoxy) is 1. The highest BCUT2D eigenvalue weighted by Crippen LogP contribution is 2.51. The molecule has 2 aromatic rings. The molecule has 0 spiro atoms. The monoisotopic (exact) mass is 376 g/mol. The smallest absolute Gasteiger partial charge is 0.335 e. The van der Waals surface area contributed by atoms with Crippen molar-refractivity contribution in [2.24, 2.45) is 0 Å². The van der Waals surface area contributed by atoms with Crippen LogP contribution in [0, 0.1) is 18.8 Å². The molecule has 3 nitrogen and oxygen atoms in total. The van der Waals surface area contributed by atoms with Crippen molar-refractivity contribution in [1.82, 2.24) is 0 Å². The van der Waals surface area contributed by atoms with Crippen molar-refractivity contribution in [3.63, 3.8) is 0 Å². The minimum Gasteiger partial charge on any atom is -0.495 e. The summed E-state index contributed by atoms with van der Waals surface area (Å²) in [6.07, 6.45) is 2.26. The van der Waals surface area contributed by atoms with E-state index in [1.54, 1.807) is 31.4 Å². The number of aryl methyl sites for hydroxylation is 1. The van der Waals surface area contributed by atoms with Crippen molar-refractivity contribution in [1.29, 1.82) is 0 Å². The molecule has 1 aliphatic carbocycles. The minimum atomic E-state index is -0.934. The molecule has 0 aromatic heterocycles. The van der Waals surface area contributed by atoms with Gasteiger partial charge >= 0.3 is 5.97 Å². The van der Waals surface area contributed by atoms with Gasteiger partial charge in [-0.1, -0.05) is 39.5 Å². The zero-order valence-electron chi connectivity index (χ0n) is 17.6. The van der Waals surface area contributed by atoms with Gasteiger partial charge in [-0.05, 0) is 72.1 Å². The number of carbonyl (C=O) groups is 1. The lowest BCUT2D eigenvalue weighted by molar-refractivity contribution is 0.0697. The van der Waals surface area contributed by atoms with E-state index in [1.807, 2.05) is 0 Å². The molecule has 0 unspecified atom stereocenters. The van der Waals surface area contributed by atoms with E-state index in [0.29, 0.717) is 0 Å². The molecular weight excluding hydrogens is 348 g/mol. The predicted molar refractivity (Wildman–Crippen MR) is 112 cm³/mol. The quantitative estimate of drug-likeness (QED) is 0.709. The Morgan fingerprint density at radius 2 is 1.57 bits per heavy atom. The number of aromatic carboxylic acids is 1. The molecule has 3 rings (SSSR count). The van der Waals surface area contributed by atoms with Crippen molar-refractivity contribution >= 4 is 5.97 Å². The largest absolute Gasteiger partial charge is 0.495 e. The van der Waals surface area contributed by atoms with Crippen LogP contribution in [-0.2, 0) is 10.8 Å². The highest BCUT2D eigenvalue weighted by Gasteiger charge is 2.41. The fourth-order valence-corrected chi connectivity index (χ4v) is 4.33. The average molecular weight is 376 g/mol. The van der Waals surface area contributed by atoms with E-state index in [9.17, 15) is 4.79 Å². The number of hydrogen-bond donors (Lipinski definition) is 1. The van der Waals surface area contributed by atoms with Crippen LogP contribution in [-0.4, -0.2) is 18.2 Å². The van der Waals surface area contributed by atoms with Crippen LogP contribution in [0.2, 0.25) is 0 Å². The highest BCUT2D eigenvalue weighted by molar-refractivity contribution is 5.87. The predicted octanol–water partition coefficient (Wildman–Crippen LogP) is 5.45. The van der Waals surface area contributed by atoms with Gasteiger partial charge in [0.2, 0.25) is 0 Å². The van der Waals surface area contributed by atoms with E-state index >= 15 is 0 Å². The van der Waals surface area contributed by atoms with Crippen molar-refractivity contribution in [2.75, 3.05) is 7.11 Å². The molecule has 0 heterocycles. The van der Waals surface area contributed by atoms with Crippen LogP contribution < -0.4 is 4.74 Å². The second-order valence-electron chi connectivity index (χ2n) is 8.92. The Morgan fingerprint density at radius 3 is 2.11 bits per heavy atom. The minimum absolute atomic E-state index is 0.0295. The van der Waals surface area contributed by atoms with Gasteiger partial charge in [0, 0.05) is 11.1 Å². The Kier molecular flexibility index (Phi) is 5.02. The Hall–Kier alpha value is -2.73. The second kappa shape index (κ2) is 7.02. The molecule has 0 saturated heterocycles. The van der Waals surface area contributed by atoms with Crippen LogP contribution in [0.3, 0.4) is 0 Å². The van der Waals surface area contributed by atoms with E-state index in [2.05, 4.69) is 52.5 Å². The second-order valence-corrected chi connectivity index (χ2v) is 8.92. The molecule has 2 aromatic carbocycles. The summed E-state index contributed by atoms with van der Waals surface area (Å²) in [5.41, 5.74) is 5.97. The zero-order valence-corrected chi connectivity index (χ0v) is 17.6. The Bertz CT molecular complexity index is 983. The first kappa shape index (κ1) is 20.0. The Morgan fingerprint density at radius 1 is 1.00 bits per heavy atom. The van der Waals surface area contributed by atoms with Gasteiger partial charge < -0.3 is 9.84 Å². The van der Waals surface area contributed by atoms with Gasteiger partial charge in [0.15, 0.2) is 0 Å². The van der Waals surface area contributed by atoms with E-state index < -0.39 is 5.97 Å². The van der Waals surface area contributed by atoms with E-state index in [4.69, 9.17) is 9.84 Å². The van der Waals surface area contributed by atoms with Gasteiger partial charge in [-0.2, -0.15) is 0 Å². The Balaban J connectivity index is 2.14. The topological polar surface area (TPSA) is 46.5 Å². The van der Waals surface area contributed by atoms with E-state index in [-0.39, 0.29) is 16.4 Å². The van der Waals surface area contributed by atoms with E-state index in [1.165, 1.54) is 16.7 Å². The summed E-state index contributed by atoms with van der Waals surface area (Å²) in [6, 6.07) is 8.75. The van der Waals surface area contributed by atoms with Crippen LogP contribution in [0.15, 0.2) is 30.3 Å². The molecule has 146 valence electrons. The number of hydrogen-bond acceptors (Lipinski definition) is 2. The third-order valence-electron chi connectivity index (χ3n) is 5.88. The SMILES string of the molecule is COc1c(C#Cc2ccc(C(=O)O)cc2)cc(C)c2c1C(C)(C)CCC2(C)C. The van der Waals surface area contributed by atoms with E-state index in [0.717, 1.165) is 29.7 Å². The standard InChI is InChI=1S/C25H28O3/c1-16-15-19(12-9-17-7-10-18(11-8-17)23(26)27)22(28-6)21-20(16)24(2,3)13-14-25(21,4)5/h7-8,10-11,15H,13-14H2,1-6H3,(H,26,27). The lowest BCUT2D eigenvalue weighted by Crippen LogP contribution is -2.35. The third-order valence-corrected chi connectivity index (χ3v) is 5.88. The lowest BCUT2D eigenvalue weighted by Gasteiger charge is -2.43. The molecule has 28 heavy (non-hydrogen) atoms. The van der Waals surface area contributed by atoms with Gasteiger partial charge in [-0.3, -0.25) is 0 Å². The maximum Gasteiger partial charge on any atom is 0.335 e. The number of benzene rings is 2. The number of methoxy groups -OCH3 is 1. The molecule has 1 aliphatic rings. The van der Waals surface area contributed by atoms with Crippen LogP contribution in [0.5, 0.6) is 5.75 Å². The first-order valence-electron chi connectivity index (χ1n) is 9.65. The van der Waals surface area contributed by atoms with Crippen LogP contribution in [0.4, 0.5) is 0 Å². The summed E-state index contributed by atoms with van der Waals surface area (Å²) < 4.78 is 5.89. The molecule has 0 aliphatic heterocycles. The summed E-state index contributed by atoms with van der Waals surface area (Å²) in [5.74, 6) is 6.36. The molecule has 0 fully saturated rings.